The fourth-order valence-corrected chi connectivity index (χ4v) is 8.50. The molecule has 5 N–H and O–H groups in total. The van der Waals surface area contributed by atoms with Crippen LogP contribution < -0.4 is 21.3 Å². The standard InChI is InChI=1S/C56H50N8O4/c1-5-49(65)60-42-20-12-9-17-39(42)53-46-30-29-37(59-46)32-36-26-25-34(57-36)31-35-27-28-38(58-35)33-48-54(40-18-10-13-21-43(40)61-50(66)6-2)55(41-19-11-14-22-44(41)62-51(67)7-3)56(53)64(48)47-24-16-15-23-45(47)63-52(68)8-4/h9-33,57H,5-8H2,1-4H3,(H,60,65)(H,61,66)(H,62,67)(H,63,68). The van der Waals surface area contributed by atoms with E-state index < -0.39 is 0 Å². The SMILES string of the molecule is CCC(=O)Nc1ccccc1-c1c(-c2ccccc2NC(=O)CC)c2c(-c3ccccc3NC(=O)CC)c3nc(cc4ccc(cc5nc(cc1n2-c1ccccc1NC(=O)CC)C=C5)[nH]4)C=C3. The van der Waals surface area contributed by atoms with Crippen LogP contribution in [0.5, 0.6) is 0 Å². The van der Waals surface area contributed by atoms with Crippen molar-refractivity contribution in [1.82, 2.24) is 19.5 Å². The third-order valence-electron chi connectivity index (χ3n) is 11.8. The topological polar surface area (TPSA) is 163 Å². The second-order valence-corrected chi connectivity index (χ2v) is 16.3. The van der Waals surface area contributed by atoms with Gasteiger partial charge in [0.25, 0.3) is 0 Å². The maximum atomic E-state index is 13.5. The summed E-state index contributed by atoms with van der Waals surface area (Å²) in [6.07, 6.45) is 8.77. The molecule has 0 aliphatic carbocycles. The van der Waals surface area contributed by atoms with E-state index in [4.69, 9.17) is 9.97 Å². The predicted octanol–water partition coefficient (Wildman–Crippen LogP) is 12.5. The zero-order valence-electron chi connectivity index (χ0n) is 38.2. The largest absolute Gasteiger partial charge is 0.355 e. The fraction of sp³-hybridized carbons (Fsp3) is 0.143. The minimum atomic E-state index is -0.189. The molecule has 0 radical (unpaired) electrons. The number of carbonyl (C=O) groups is 4. The first-order valence-corrected chi connectivity index (χ1v) is 22.9. The molecule has 3 aromatic heterocycles. The number of amides is 4. The van der Waals surface area contributed by atoms with Crippen molar-refractivity contribution >= 4 is 92.7 Å². The van der Waals surface area contributed by atoms with Gasteiger partial charge in [-0.25, -0.2) is 9.97 Å². The average Bonchev–Trinajstić information content (AvgIpc) is 4.18. The van der Waals surface area contributed by atoms with E-state index in [2.05, 4.69) is 30.8 Å². The van der Waals surface area contributed by atoms with Crippen molar-refractivity contribution in [3.8, 4) is 39.1 Å². The van der Waals surface area contributed by atoms with Crippen molar-refractivity contribution in [2.45, 2.75) is 53.4 Å². The molecule has 0 saturated carbocycles. The van der Waals surface area contributed by atoms with Crippen molar-refractivity contribution in [2.24, 2.45) is 0 Å². The van der Waals surface area contributed by atoms with Crippen LogP contribution in [-0.4, -0.2) is 43.1 Å². The first-order chi connectivity index (χ1) is 33.2. The summed E-state index contributed by atoms with van der Waals surface area (Å²) in [5, 5.41) is 12.7. The Bertz CT molecular complexity index is 3390. The number of para-hydroxylation sites is 5. The molecular weight excluding hydrogens is 849 g/mol. The molecule has 7 aromatic rings. The number of hydrogen-bond acceptors (Lipinski definition) is 6. The molecule has 2 aliphatic rings. The second kappa shape index (κ2) is 19.4. The normalized spacial score (nSPS) is 11.6. The Labute approximate surface area is 393 Å². The highest BCUT2D eigenvalue weighted by Crippen LogP contribution is 2.51. The number of nitrogens with one attached hydrogen (secondary N) is 5. The zero-order valence-corrected chi connectivity index (χ0v) is 38.2. The van der Waals surface area contributed by atoms with Crippen molar-refractivity contribution in [2.75, 3.05) is 21.3 Å². The summed E-state index contributed by atoms with van der Waals surface area (Å²) in [5.41, 5.74) is 12.3. The molecule has 0 saturated heterocycles. The van der Waals surface area contributed by atoms with Gasteiger partial charge in [0.1, 0.15) is 0 Å². The van der Waals surface area contributed by atoms with E-state index in [-0.39, 0.29) is 49.3 Å². The van der Waals surface area contributed by atoms with Crippen molar-refractivity contribution in [3.05, 3.63) is 150 Å². The van der Waals surface area contributed by atoms with Gasteiger partial charge in [-0.05, 0) is 85.0 Å². The second-order valence-electron chi connectivity index (χ2n) is 16.3. The average molecular weight is 899 g/mol. The molecule has 8 bridgehead atoms. The fourth-order valence-electron chi connectivity index (χ4n) is 8.50. The number of anilines is 4. The molecule has 0 fully saturated rings. The Kier molecular flexibility index (Phi) is 12.7. The van der Waals surface area contributed by atoms with Crippen LogP contribution in [-0.2, 0) is 19.2 Å². The monoisotopic (exact) mass is 898 g/mol. The minimum absolute atomic E-state index is 0.180. The molecule has 9 rings (SSSR count). The maximum absolute atomic E-state index is 13.5. The van der Waals surface area contributed by atoms with Gasteiger partial charge in [0, 0.05) is 87.2 Å². The van der Waals surface area contributed by atoms with Crippen LogP contribution in [0.1, 0.15) is 76.2 Å². The molecule has 68 heavy (non-hydrogen) atoms. The van der Waals surface area contributed by atoms with E-state index in [9.17, 15) is 19.2 Å². The molecule has 338 valence electrons. The number of aromatic nitrogens is 4. The highest BCUT2D eigenvalue weighted by Gasteiger charge is 2.30. The Hall–Kier alpha value is -8.64. The number of carbonyl (C=O) groups excluding carboxylic acids is 4. The van der Waals surface area contributed by atoms with Gasteiger partial charge < -0.3 is 30.8 Å². The van der Waals surface area contributed by atoms with E-state index >= 15 is 0 Å². The Morgan fingerprint density at radius 1 is 0.456 bits per heavy atom. The van der Waals surface area contributed by atoms with E-state index in [1.807, 2.05) is 152 Å². The number of rotatable bonds is 12. The summed E-state index contributed by atoms with van der Waals surface area (Å²) in [5.74, 6) is -0.737. The number of H-pyrrole nitrogens is 1. The quantitative estimate of drug-likeness (QED) is 0.0820. The van der Waals surface area contributed by atoms with Gasteiger partial charge in [0.15, 0.2) is 0 Å². The van der Waals surface area contributed by atoms with Crippen LogP contribution in [0.25, 0.3) is 85.4 Å². The van der Waals surface area contributed by atoms with Gasteiger partial charge >= 0.3 is 0 Å². The van der Waals surface area contributed by atoms with E-state index in [1.165, 1.54) is 0 Å². The van der Waals surface area contributed by atoms with Crippen LogP contribution >= 0.6 is 0 Å². The van der Waals surface area contributed by atoms with Gasteiger partial charge in [-0.2, -0.15) is 0 Å². The van der Waals surface area contributed by atoms with E-state index in [0.29, 0.717) is 89.9 Å². The Balaban J connectivity index is 1.65. The molecule has 5 heterocycles. The molecular formula is C56H50N8O4. The highest BCUT2D eigenvalue weighted by atomic mass is 16.2. The lowest BCUT2D eigenvalue weighted by atomic mass is 9.91. The van der Waals surface area contributed by atoms with Crippen LogP contribution in [0.4, 0.5) is 22.7 Å². The van der Waals surface area contributed by atoms with Gasteiger partial charge in [-0.1, -0.05) is 94.4 Å². The van der Waals surface area contributed by atoms with Gasteiger partial charge in [0.2, 0.25) is 23.6 Å². The summed E-state index contributed by atoms with van der Waals surface area (Å²) < 4.78 is 2.11. The smallest absolute Gasteiger partial charge is 0.224 e. The molecule has 0 atom stereocenters. The minimum Gasteiger partial charge on any atom is -0.355 e. The number of nitrogens with zero attached hydrogens (tertiary/aromatic N) is 3. The van der Waals surface area contributed by atoms with Crippen molar-refractivity contribution in [3.63, 3.8) is 0 Å². The molecule has 12 heteroatoms. The van der Waals surface area contributed by atoms with Crippen LogP contribution in [0, 0.1) is 0 Å². The predicted molar refractivity (Wildman–Crippen MR) is 276 cm³/mol. The summed E-state index contributed by atoms with van der Waals surface area (Å²) in [7, 11) is 0. The van der Waals surface area contributed by atoms with Crippen LogP contribution in [0.3, 0.4) is 0 Å². The van der Waals surface area contributed by atoms with Gasteiger partial charge in [-0.15, -0.1) is 0 Å². The highest BCUT2D eigenvalue weighted by molar-refractivity contribution is 6.17. The first kappa shape index (κ1) is 44.6. The van der Waals surface area contributed by atoms with Gasteiger partial charge in [0.05, 0.1) is 45.2 Å². The summed E-state index contributed by atoms with van der Waals surface area (Å²) in [6, 6.07) is 40.5. The zero-order chi connectivity index (χ0) is 47.3. The summed E-state index contributed by atoms with van der Waals surface area (Å²) in [4.78, 5) is 68.0. The Morgan fingerprint density at radius 3 is 1.40 bits per heavy atom. The molecule has 4 amide bonds. The lowest BCUT2D eigenvalue weighted by molar-refractivity contribution is -0.116. The number of benzene rings is 4. The van der Waals surface area contributed by atoms with Crippen LogP contribution in [0.2, 0.25) is 0 Å². The molecule has 12 nitrogen and oxygen atoms in total. The summed E-state index contributed by atoms with van der Waals surface area (Å²) >= 11 is 0. The Morgan fingerprint density at radius 2 is 0.868 bits per heavy atom. The number of aromatic amines is 1. The third-order valence-corrected chi connectivity index (χ3v) is 11.8. The molecule has 4 aromatic carbocycles. The van der Waals surface area contributed by atoms with Crippen LogP contribution in [0.15, 0.2) is 127 Å². The molecule has 2 aliphatic heterocycles. The lowest BCUT2D eigenvalue weighted by Gasteiger charge is -2.19. The van der Waals surface area contributed by atoms with E-state index in [1.54, 1.807) is 27.7 Å². The van der Waals surface area contributed by atoms with Crippen molar-refractivity contribution in [1.29, 1.82) is 0 Å². The molecule has 0 unspecified atom stereocenters. The number of hydrogen-bond donors (Lipinski definition) is 5. The maximum Gasteiger partial charge on any atom is 0.224 e. The van der Waals surface area contributed by atoms with Crippen molar-refractivity contribution < 1.29 is 19.2 Å². The lowest BCUT2D eigenvalue weighted by Crippen LogP contribution is -2.12. The summed E-state index contributed by atoms with van der Waals surface area (Å²) in [6.45, 7) is 7.22. The van der Waals surface area contributed by atoms with E-state index in [0.717, 1.165) is 16.7 Å². The number of fused-ring (bicyclic) bond motifs is 8. The van der Waals surface area contributed by atoms with Gasteiger partial charge in [-0.3, -0.25) is 19.2 Å². The first-order valence-electron chi connectivity index (χ1n) is 22.9. The third kappa shape index (κ3) is 8.99. The molecule has 0 spiro atoms.